The Kier molecular flexibility index (Phi) is 5.15. The molecule has 1 aromatic carbocycles. The smallest absolute Gasteiger partial charge is 0.128 e. The molecule has 0 fully saturated rings. The Bertz CT molecular complexity index is 565. The monoisotopic (exact) mass is 290 g/mol. The van der Waals surface area contributed by atoms with Gasteiger partial charge in [-0.15, -0.1) is 11.3 Å². The van der Waals surface area contributed by atoms with E-state index in [9.17, 15) is 0 Å². The molecule has 1 N–H and O–H groups in total. The van der Waals surface area contributed by atoms with Crippen LogP contribution in [0, 0.1) is 0 Å². The molecule has 0 saturated carbocycles. The van der Waals surface area contributed by atoms with Crippen LogP contribution in [0.1, 0.15) is 36.8 Å². The molecule has 1 heterocycles. The Morgan fingerprint density at radius 2 is 2.20 bits per heavy atom. The van der Waals surface area contributed by atoms with E-state index in [1.165, 1.54) is 5.56 Å². The number of nitrogens with one attached hydrogen (secondary N) is 1. The fourth-order valence-corrected chi connectivity index (χ4v) is 2.94. The van der Waals surface area contributed by atoms with E-state index in [2.05, 4.69) is 41.7 Å². The minimum absolute atomic E-state index is 0.551. The van der Waals surface area contributed by atoms with Crippen LogP contribution in [0.5, 0.6) is 5.75 Å². The van der Waals surface area contributed by atoms with Gasteiger partial charge in [-0.1, -0.05) is 19.9 Å². The van der Waals surface area contributed by atoms with Gasteiger partial charge in [-0.25, -0.2) is 4.98 Å². The molecule has 1 aromatic heterocycles. The van der Waals surface area contributed by atoms with Crippen molar-refractivity contribution in [1.29, 1.82) is 0 Å². The van der Waals surface area contributed by atoms with Crippen LogP contribution < -0.4 is 10.1 Å². The first kappa shape index (κ1) is 15.0. The van der Waals surface area contributed by atoms with Crippen molar-refractivity contribution in [3.8, 4) is 17.0 Å². The predicted molar refractivity (Wildman–Crippen MR) is 85.6 cm³/mol. The van der Waals surface area contributed by atoms with Crippen molar-refractivity contribution in [3.63, 3.8) is 0 Å². The van der Waals surface area contributed by atoms with E-state index in [1.807, 2.05) is 13.1 Å². The first-order chi connectivity index (χ1) is 9.69. The zero-order valence-electron chi connectivity index (χ0n) is 12.6. The molecule has 0 radical (unpaired) electrons. The SMILES string of the molecule is CCC(C)c1ccc(OC)c(-c2csc(CNC)n2)c1. The molecule has 0 aliphatic rings. The third-order valence-electron chi connectivity index (χ3n) is 3.56. The third kappa shape index (κ3) is 3.19. The number of nitrogens with zero attached hydrogens (tertiary/aromatic N) is 1. The maximum Gasteiger partial charge on any atom is 0.128 e. The molecule has 0 amide bonds. The standard InChI is InChI=1S/C16H22N2OS/c1-5-11(2)12-6-7-15(19-4)13(8-12)14-10-20-16(18-14)9-17-3/h6-8,10-11,17H,5,9H2,1-4H3. The summed E-state index contributed by atoms with van der Waals surface area (Å²) in [5.74, 6) is 1.44. The van der Waals surface area contributed by atoms with Crippen LogP contribution in [0.25, 0.3) is 11.3 Å². The first-order valence-electron chi connectivity index (χ1n) is 6.96. The maximum atomic E-state index is 5.49. The quantitative estimate of drug-likeness (QED) is 0.871. The van der Waals surface area contributed by atoms with Crippen LogP contribution in [0.3, 0.4) is 0 Å². The van der Waals surface area contributed by atoms with Crippen molar-refractivity contribution in [1.82, 2.24) is 10.3 Å². The molecule has 1 atom stereocenters. The summed E-state index contributed by atoms with van der Waals surface area (Å²) in [5.41, 5.74) is 3.43. The summed E-state index contributed by atoms with van der Waals surface area (Å²) in [5, 5.41) is 6.33. The predicted octanol–water partition coefficient (Wildman–Crippen LogP) is 4.05. The lowest BCUT2D eigenvalue weighted by Crippen LogP contribution is -2.04. The zero-order chi connectivity index (χ0) is 14.5. The highest BCUT2D eigenvalue weighted by molar-refractivity contribution is 7.09. The second-order valence-corrected chi connectivity index (χ2v) is 5.87. The molecule has 0 bridgehead atoms. The van der Waals surface area contributed by atoms with Crippen LogP contribution in [0.15, 0.2) is 23.6 Å². The summed E-state index contributed by atoms with van der Waals surface area (Å²) >= 11 is 1.68. The van der Waals surface area contributed by atoms with Crippen molar-refractivity contribution >= 4 is 11.3 Å². The van der Waals surface area contributed by atoms with E-state index < -0.39 is 0 Å². The molecule has 2 aromatic rings. The van der Waals surface area contributed by atoms with Crippen LogP contribution in [0.2, 0.25) is 0 Å². The molecule has 3 nitrogen and oxygen atoms in total. The number of ether oxygens (including phenoxy) is 1. The normalized spacial score (nSPS) is 12.4. The Morgan fingerprint density at radius 3 is 2.85 bits per heavy atom. The summed E-state index contributed by atoms with van der Waals surface area (Å²) in [6.07, 6.45) is 1.13. The fourth-order valence-electron chi connectivity index (χ4n) is 2.14. The molecular formula is C16H22N2OS. The Balaban J connectivity index is 2.41. The van der Waals surface area contributed by atoms with Crippen molar-refractivity contribution in [3.05, 3.63) is 34.2 Å². The number of rotatable bonds is 6. The van der Waals surface area contributed by atoms with Gasteiger partial charge in [-0.05, 0) is 37.1 Å². The number of benzene rings is 1. The van der Waals surface area contributed by atoms with Gasteiger partial charge in [-0.2, -0.15) is 0 Å². The van der Waals surface area contributed by atoms with Gasteiger partial charge in [0, 0.05) is 17.5 Å². The number of thiazole rings is 1. The van der Waals surface area contributed by atoms with Crippen molar-refractivity contribution < 1.29 is 4.74 Å². The Labute approximate surface area is 125 Å². The van der Waals surface area contributed by atoms with E-state index in [1.54, 1.807) is 18.4 Å². The number of hydrogen-bond acceptors (Lipinski definition) is 4. The number of aromatic nitrogens is 1. The summed E-state index contributed by atoms with van der Waals surface area (Å²) in [7, 11) is 3.65. The first-order valence-corrected chi connectivity index (χ1v) is 7.84. The second kappa shape index (κ2) is 6.86. The van der Waals surface area contributed by atoms with Crippen LogP contribution in [-0.4, -0.2) is 19.1 Å². The van der Waals surface area contributed by atoms with E-state index >= 15 is 0 Å². The average Bonchev–Trinajstić information content (AvgIpc) is 2.94. The van der Waals surface area contributed by atoms with E-state index in [0.29, 0.717) is 5.92 Å². The van der Waals surface area contributed by atoms with Gasteiger partial charge in [0.25, 0.3) is 0 Å². The van der Waals surface area contributed by atoms with Gasteiger partial charge >= 0.3 is 0 Å². The van der Waals surface area contributed by atoms with Gasteiger partial charge in [0.15, 0.2) is 0 Å². The topological polar surface area (TPSA) is 34.1 Å². The van der Waals surface area contributed by atoms with Crippen LogP contribution >= 0.6 is 11.3 Å². The minimum atomic E-state index is 0.551. The van der Waals surface area contributed by atoms with Gasteiger partial charge in [0.1, 0.15) is 10.8 Å². The number of hydrogen-bond donors (Lipinski definition) is 1. The molecule has 4 heteroatoms. The van der Waals surface area contributed by atoms with Crippen LogP contribution in [-0.2, 0) is 6.54 Å². The summed E-state index contributed by atoms with van der Waals surface area (Å²) in [4.78, 5) is 4.68. The molecule has 1 unspecified atom stereocenters. The van der Waals surface area contributed by atoms with Crippen LogP contribution in [0.4, 0.5) is 0 Å². The van der Waals surface area contributed by atoms with Gasteiger partial charge in [-0.3, -0.25) is 0 Å². The molecule has 0 aliphatic heterocycles. The van der Waals surface area contributed by atoms with E-state index in [4.69, 9.17) is 4.74 Å². The molecular weight excluding hydrogens is 268 g/mol. The highest BCUT2D eigenvalue weighted by Gasteiger charge is 2.13. The molecule has 0 spiro atoms. The van der Waals surface area contributed by atoms with Crippen molar-refractivity contribution in [2.24, 2.45) is 0 Å². The van der Waals surface area contributed by atoms with E-state index in [-0.39, 0.29) is 0 Å². The lowest BCUT2D eigenvalue weighted by Gasteiger charge is -2.13. The number of methoxy groups -OCH3 is 1. The summed E-state index contributed by atoms with van der Waals surface area (Å²) in [6, 6.07) is 6.41. The minimum Gasteiger partial charge on any atom is -0.496 e. The maximum absolute atomic E-state index is 5.49. The molecule has 2 rings (SSSR count). The fraction of sp³-hybridized carbons (Fsp3) is 0.438. The van der Waals surface area contributed by atoms with Crippen molar-refractivity contribution in [2.45, 2.75) is 32.7 Å². The highest BCUT2D eigenvalue weighted by atomic mass is 32.1. The largest absolute Gasteiger partial charge is 0.496 e. The van der Waals surface area contributed by atoms with Gasteiger partial charge in [0.05, 0.1) is 12.8 Å². The van der Waals surface area contributed by atoms with Gasteiger partial charge in [0.2, 0.25) is 0 Å². The molecule has 20 heavy (non-hydrogen) atoms. The third-order valence-corrected chi connectivity index (χ3v) is 4.41. The molecule has 0 saturated heterocycles. The molecule has 108 valence electrons. The molecule has 0 aliphatic carbocycles. The summed E-state index contributed by atoms with van der Waals surface area (Å²) in [6.45, 7) is 5.26. The highest BCUT2D eigenvalue weighted by Crippen LogP contribution is 2.34. The van der Waals surface area contributed by atoms with Gasteiger partial charge < -0.3 is 10.1 Å². The average molecular weight is 290 g/mol. The Hall–Kier alpha value is -1.39. The zero-order valence-corrected chi connectivity index (χ0v) is 13.4. The Morgan fingerprint density at radius 1 is 1.40 bits per heavy atom. The lowest BCUT2D eigenvalue weighted by atomic mass is 9.96. The van der Waals surface area contributed by atoms with Crippen molar-refractivity contribution in [2.75, 3.05) is 14.2 Å². The van der Waals surface area contributed by atoms with E-state index in [0.717, 1.165) is 35.0 Å². The summed E-state index contributed by atoms with van der Waals surface area (Å²) < 4.78 is 5.49. The lowest BCUT2D eigenvalue weighted by molar-refractivity contribution is 0.416. The second-order valence-electron chi connectivity index (χ2n) is 4.93.